The van der Waals surface area contributed by atoms with Crippen LogP contribution in [0, 0.1) is 0 Å². The van der Waals surface area contributed by atoms with Crippen molar-refractivity contribution >= 4 is 5.69 Å². The lowest BCUT2D eigenvalue weighted by Crippen LogP contribution is -2.50. The Balaban J connectivity index is 1.88. The number of piperazine rings is 1. The standard InChI is InChI=1S/C15H22N2O2/c1-3-12-9-17(8-7-16-12)13-5-4-6-14-15(13)19-11(2)10-18-14/h4-6,11-12,16H,3,7-10H2,1-2H3. The maximum absolute atomic E-state index is 6.00. The molecule has 1 saturated heterocycles. The van der Waals surface area contributed by atoms with Crippen molar-refractivity contribution in [3.05, 3.63) is 18.2 Å². The molecule has 19 heavy (non-hydrogen) atoms. The van der Waals surface area contributed by atoms with Crippen LogP contribution in [0.3, 0.4) is 0 Å². The van der Waals surface area contributed by atoms with Gasteiger partial charge < -0.3 is 19.7 Å². The van der Waals surface area contributed by atoms with E-state index < -0.39 is 0 Å². The van der Waals surface area contributed by atoms with Crippen LogP contribution in [0.4, 0.5) is 5.69 Å². The Morgan fingerprint density at radius 1 is 1.42 bits per heavy atom. The molecule has 0 aliphatic carbocycles. The van der Waals surface area contributed by atoms with Crippen LogP contribution >= 0.6 is 0 Å². The third-order valence-electron chi connectivity index (χ3n) is 3.84. The summed E-state index contributed by atoms with van der Waals surface area (Å²) in [6.45, 7) is 7.99. The fourth-order valence-electron chi connectivity index (χ4n) is 2.75. The number of fused-ring (bicyclic) bond motifs is 1. The van der Waals surface area contributed by atoms with Crippen molar-refractivity contribution in [1.82, 2.24) is 5.32 Å². The third-order valence-corrected chi connectivity index (χ3v) is 3.84. The third kappa shape index (κ3) is 2.50. The summed E-state index contributed by atoms with van der Waals surface area (Å²) in [6, 6.07) is 6.74. The second-order valence-electron chi connectivity index (χ2n) is 5.35. The van der Waals surface area contributed by atoms with Crippen LogP contribution in [0.2, 0.25) is 0 Å². The Labute approximate surface area is 114 Å². The number of rotatable bonds is 2. The first-order valence-corrected chi connectivity index (χ1v) is 7.18. The highest BCUT2D eigenvalue weighted by atomic mass is 16.6. The minimum atomic E-state index is 0.124. The molecule has 1 aromatic carbocycles. The summed E-state index contributed by atoms with van der Waals surface area (Å²) in [6.07, 6.45) is 1.28. The van der Waals surface area contributed by atoms with Crippen molar-refractivity contribution in [3.8, 4) is 11.5 Å². The van der Waals surface area contributed by atoms with Gasteiger partial charge in [-0.05, 0) is 25.5 Å². The van der Waals surface area contributed by atoms with Crippen molar-refractivity contribution in [2.75, 3.05) is 31.1 Å². The Morgan fingerprint density at radius 3 is 3.16 bits per heavy atom. The van der Waals surface area contributed by atoms with Crippen molar-refractivity contribution < 1.29 is 9.47 Å². The number of hydrogen-bond acceptors (Lipinski definition) is 4. The van der Waals surface area contributed by atoms with E-state index in [2.05, 4.69) is 29.3 Å². The van der Waals surface area contributed by atoms with Gasteiger partial charge in [0.15, 0.2) is 11.5 Å². The lowest BCUT2D eigenvalue weighted by Gasteiger charge is -2.37. The minimum absolute atomic E-state index is 0.124. The molecule has 1 fully saturated rings. The normalized spacial score (nSPS) is 26.3. The molecule has 2 unspecified atom stereocenters. The predicted octanol–water partition coefficient (Wildman–Crippen LogP) is 2.03. The summed E-state index contributed by atoms with van der Waals surface area (Å²) in [4.78, 5) is 2.41. The molecule has 1 N–H and O–H groups in total. The number of ether oxygens (including phenoxy) is 2. The minimum Gasteiger partial charge on any atom is -0.486 e. The molecule has 2 atom stereocenters. The SMILES string of the molecule is CCC1CN(c2cccc3c2OC(C)CO3)CCN1. The molecule has 2 aliphatic heterocycles. The zero-order valence-electron chi connectivity index (χ0n) is 11.7. The molecule has 4 nitrogen and oxygen atoms in total. The second kappa shape index (κ2) is 5.29. The van der Waals surface area contributed by atoms with Crippen LogP contribution < -0.4 is 19.7 Å². The topological polar surface area (TPSA) is 33.7 Å². The average molecular weight is 262 g/mol. The van der Waals surface area contributed by atoms with Crippen molar-refractivity contribution in [2.24, 2.45) is 0 Å². The molecule has 0 amide bonds. The first kappa shape index (κ1) is 12.6. The molecule has 1 aromatic rings. The van der Waals surface area contributed by atoms with Gasteiger partial charge in [-0.25, -0.2) is 0 Å². The highest BCUT2D eigenvalue weighted by Crippen LogP contribution is 2.40. The van der Waals surface area contributed by atoms with Gasteiger partial charge in [0, 0.05) is 25.7 Å². The zero-order valence-corrected chi connectivity index (χ0v) is 11.7. The van der Waals surface area contributed by atoms with E-state index in [4.69, 9.17) is 9.47 Å². The molecular formula is C15H22N2O2. The summed E-state index contributed by atoms with van der Waals surface area (Å²) in [5.41, 5.74) is 1.17. The Morgan fingerprint density at radius 2 is 2.32 bits per heavy atom. The first-order valence-electron chi connectivity index (χ1n) is 7.18. The van der Waals surface area contributed by atoms with Gasteiger partial charge in [0.05, 0.1) is 5.69 Å². The van der Waals surface area contributed by atoms with E-state index in [-0.39, 0.29) is 6.10 Å². The van der Waals surface area contributed by atoms with Gasteiger partial charge in [0.25, 0.3) is 0 Å². The van der Waals surface area contributed by atoms with E-state index in [1.807, 2.05) is 13.0 Å². The zero-order chi connectivity index (χ0) is 13.2. The van der Waals surface area contributed by atoms with Crippen LogP contribution in [0.25, 0.3) is 0 Å². The van der Waals surface area contributed by atoms with Crippen LogP contribution in [-0.2, 0) is 0 Å². The van der Waals surface area contributed by atoms with Gasteiger partial charge in [0.2, 0.25) is 0 Å². The van der Waals surface area contributed by atoms with E-state index in [1.54, 1.807) is 0 Å². The highest BCUT2D eigenvalue weighted by Gasteiger charge is 2.26. The van der Waals surface area contributed by atoms with E-state index in [0.717, 1.165) is 37.6 Å². The number of nitrogens with one attached hydrogen (secondary N) is 1. The van der Waals surface area contributed by atoms with Gasteiger partial charge in [-0.15, -0.1) is 0 Å². The highest BCUT2D eigenvalue weighted by molar-refractivity contribution is 5.65. The van der Waals surface area contributed by atoms with Gasteiger partial charge in [0.1, 0.15) is 12.7 Å². The number of anilines is 1. The predicted molar refractivity (Wildman–Crippen MR) is 76.3 cm³/mol. The average Bonchev–Trinajstić information content (AvgIpc) is 2.46. The largest absolute Gasteiger partial charge is 0.486 e. The summed E-state index contributed by atoms with van der Waals surface area (Å²) in [7, 11) is 0. The van der Waals surface area contributed by atoms with Crippen LogP contribution in [0.1, 0.15) is 20.3 Å². The van der Waals surface area contributed by atoms with E-state index >= 15 is 0 Å². The lowest BCUT2D eigenvalue weighted by molar-refractivity contribution is 0.104. The van der Waals surface area contributed by atoms with Crippen molar-refractivity contribution in [1.29, 1.82) is 0 Å². The molecule has 0 saturated carbocycles. The lowest BCUT2D eigenvalue weighted by atomic mass is 10.1. The number of hydrogen-bond donors (Lipinski definition) is 1. The maximum atomic E-state index is 6.00. The summed E-state index contributed by atoms with van der Waals surface area (Å²) in [5.74, 6) is 1.79. The van der Waals surface area contributed by atoms with Crippen LogP contribution in [-0.4, -0.2) is 38.4 Å². The van der Waals surface area contributed by atoms with Gasteiger partial charge in [-0.3, -0.25) is 0 Å². The van der Waals surface area contributed by atoms with Crippen molar-refractivity contribution in [3.63, 3.8) is 0 Å². The van der Waals surface area contributed by atoms with Gasteiger partial charge >= 0.3 is 0 Å². The molecule has 0 spiro atoms. The monoisotopic (exact) mass is 262 g/mol. The number of nitrogens with zero attached hydrogens (tertiary/aromatic N) is 1. The molecule has 0 aromatic heterocycles. The Kier molecular flexibility index (Phi) is 3.51. The molecule has 2 aliphatic rings. The number of para-hydroxylation sites is 1. The molecule has 0 radical (unpaired) electrons. The fraction of sp³-hybridized carbons (Fsp3) is 0.600. The van der Waals surface area contributed by atoms with Crippen LogP contribution in [0.15, 0.2) is 18.2 Å². The summed E-state index contributed by atoms with van der Waals surface area (Å²) in [5, 5.41) is 3.54. The summed E-state index contributed by atoms with van der Waals surface area (Å²) >= 11 is 0. The Bertz CT molecular complexity index is 450. The Hall–Kier alpha value is -1.42. The number of benzene rings is 1. The molecule has 4 heteroatoms. The maximum Gasteiger partial charge on any atom is 0.185 e. The molecule has 3 rings (SSSR count). The molecule has 2 heterocycles. The fourth-order valence-corrected chi connectivity index (χ4v) is 2.75. The molecular weight excluding hydrogens is 240 g/mol. The molecule has 104 valence electrons. The smallest absolute Gasteiger partial charge is 0.185 e. The van der Waals surface area contributed by atoms with E-state index in [9.17, 15) is 0 Å². The van der Waals surface area contributed by atoms with Crippen molar-refractivity contribution in [2.45, 2.75) is 32.4 Å². The van der Waals surface area contributed by atoms with Gasteiger partial charge in [-0.1, -0.05) is 13.0 Å². The summed E-state index contributed by atoms with van der Waals surface area (Å²) < 4.78 is 11.8. The van der Waals surface area contributed by atoms with E-state index in [0.29, 0.717) is 12.6 Å². The quantitative estimate of drug-likeness (QED) is 0.884. The second-order valence-corrected chi connectivity index (χ2v) is 5.35. The van der Waals surface area contributed by atoms with Gasteiger partial charge in [-0.2, -0.15) is 0 Å². The molecule has 0 bridgehead atoms. The van der Waals surface area contributed by atoms with Crippen LogP contribution in [0.5, 0.6) is 11.5 Å². The van der Waals surface area contributed by atoms with E-state index in [1.165, 1.54) is 5.69 Å². The first-order chi connectivity index (χ1) is 9.28.